The average molecular weight is 280 g/mol. The summed E-state index contributed by atoms with van der Waals surface area (Å²) in [5, 5.41) is 4.50. The van der Waals surface area contributed by atoms with Gasteiger partial charge in [-0.2, -0.15) is 0 Å². The van der Waals surface area contributed by atoms with E-state index < -0.39 is 18.5 Å². The first-order valence-electron chi connectivity index (χ1n) is 6.33. The third kappa shape index (κ3) is 4.11. The van der Waals surface area contributed by atoms with Crippen molar-refractivity contribution in [3.05, 3.63) is 24.2 Å². The lowest BCUT2D eigenvalue weighted by Crippen LogP contribution is -2.41. The number of nitrogens with one attached hydrogen (secondary N) is 2. The fraction of sp³-hybridized carbons (Fsp3) is 0.462. The third-order valence-electron chi connectivity index (χ3n) is 3.01. The predicted molar refractivity (Wildman–Crippen MR) is 67.3 cm³/mol. The van der Waals surface area contributed by atoms with Gasteiger partial charge in [0.15, 0.2) is 6.61 Å². The molecule has 20 heavy (non-hydrogen) atoms. The maximum Gasteiger partial charge on any atom is 0.321 e. The Kier molecular flexibility index (Phi) is 4.39. The first-order chi connectivity index (χ1) is 9.56. The van der Waals surface area contributed by atoms with Gasteiger partial charge in [0.2, 0.25) is 0 Å². The maximum atomic E-state index is 11.4. The second-order valence-electron chi connectivity index (χ2n) is 4.74. The topological polar surface area (TPSA) is 97.6 Å². The first-order valence-corrected chi connectivity index (χ1v) is 6.33. The number of rotatable bonds is 5. The highest BCUT2D eigenvalue weighted by Gasteiger charge is 2.40. The fourth-order valence-electron chi connectivity index (χ4n) is 1.68. The van der Waals surface area contributed by atoms with Crippen molar-refractivity contribution in [2.75, 3.05) is 6.61 Å². The van der Waals surface area contributed by atoms with E-state index in [0.29, 0.717) is 11.7 Å². The number of hydrogen-bond donors (Lipinski definition) is 2. The molecule has 3 amide bonds. The average Bonchev–Trinajstić information content (AvgIpc) is 2.92. The zero-order valence-corrected chi connectivity index (χ0v) is 11.0. The number of carbonyl (C=O) groups is 3. The van der Waals surface area contributed by atoms with Crippen molar-refractivity contribution in [1.29, 1.82) is 0 Å². The van der Waals surface area contributed by atoms with Crippen LogP contribution in [0.5, 0.6) is 0 Å². The molecule has 2 rings (SSSR count). The van der Waals surface area contributed by atoms with Crippen LogP contribution in [-0.4, -0.2) is 24.5 Å². The van der Waals surface area contributed by atoms with Crippen LogP contribution in [0.3, 0.4) is 0 Å². The second kappa shape index (κ2) is 6.23. The highest BCUT2D eigenvalue weighted by Crippen LogP contribution is 2.38. The zero-order chi connectivity index (χ0) is 14.5. The Morgan fingerprint density at radius 3 is 2.80 bits per heavy atom. The van der Waals surface area contributed by atoms with Crippen LogP contribution < -0.4 is 10.6 Å². The summed E-state index contributed by atoms with van der Waals surface area (Å²) in [6, 6.07) is 2.72. The van der Waals surface area contributed by atoms with Gasteiger partial charge in [-0.05, 0) is 24.5 Å². The normalized spacial score (nSPS) is 20.1. The van der Waals surface area contributed by atoms with Crippen LogP contribution in [0, 0.1) is 11.8 Å². The molecule has 2 atom stereocenters. The number of esters is 1. The van der Waals surface area contributed by atoms with Gasteiger partial charge in [0.25, 0.3) is 5.91 Å². The molecular formula is C13H16N2O5. The molecule has 1 aliphatic rings. The van der Waals surface area contributed by atoms with Crippen molar-refractivity contribution in [1.82, 2.24) is 10.6 Å². The van der Waals surface area contributed by atoms with Crippen molar-refractivity contribution < 1.29 is 23.5 Å². The van der Waals surface area contributed by atoms with E-state index in [1.165, 1.54) is 6.26 Å². The molecule has 108 valence electrons. The van der Waals surface area contributed by atoms with Gasteiger partial charge in [-0.1, -0.05) is 6.92 Å². The van der Waals surface area contributed by atoms with Gasteiger partial charge in [-0.3, -0.25) is 14.9 Å². The molecule has 0 spiro atoms. The summed E-state index contributed by atoms with van der Waals surface area (Å²) < 4.78 is 9.81. The smallest absolute Gasteiger partial charge is 0.321 e. The molecule has 1 aromatic heterocycles. The molecule has 7 nitrogen and oxygen atoms in total. The molecule has 0 unspecified atom stereocenters. The van der Waals surface area contributed by atoms with E-state index >= 15 is 0 Å². The van der Waals surface area contributed by atoms with E-state index in [4.69, 9.17) is 9.15 Å². The maximum absolute atomic E-state index is 11.4. The number of ether oxygens (including phenoxy) is 1. The van der Waals surface area contributed by atoms with Gasteiger partial charge < -0.3 is 14.5 Å². The van der Waals surface area contributed by atoms with Crippen LogP contribution in [0.2, 0.25) is 0 Å². The predicted octanol–water partition coefficient (Wildman–Crippen LogP) is 0.805. The van der Waals surface area contributed by atoms with Gasteiger partial charge in [0.1, 0.15) is 5.76 Å². The number of hydrogen-bond acceptors (Lipinski definition) is 5. The van der Waals surface area contributed by atoms with Crippen LogP contribution in [0.15, 0.2) is 22.8 Å². The molecule has 0 saturated heterocycles. The lowest BCUT2D eigenvalue weighted by atomic mass is 10.3. The molecule has 0 aromatic carbocycles. The largest absolute Gasteiger partial charge is 0.467 e. The van der Waals surface area contributed by atoms with Crippen molar-refractivity contribution in [3.8, 4) is 0 Å². The molecule has 7 heteroatoms. The molecular weight excluding hydrogens is 264 g/mol. The Morgan fingerprint density at radius 1 is 1.45 bits per heavy atom. The van der Waals surface area contributed by atoms with E-state index in [9.17, 15) is 14.4 Å². The van der Waals surface area contributed by atoms with Crippen molar-refractivity contribution in [2.24, 2.45) is 11.8 Å². The molecule has 1 fully saturated rings. The summed E-state index contributed by atoms with van der Waals surface area (Å²) in [6.45, 7) is 1.66. The summed E-state index contributed by atoms with van der Waals surface area (Å²) in [5.41, 5.74) is 0. The third-order valence-corrected chi connectivity index (χ3v) is 3.01. The minimum absolute atomic E-state index is 0.101. The lowest BCUT2D eigenvalue weighted by Gasteiger charge is -2.06. The Hall–Kier alpha value is -2.31. The van der Waals surface area contributed by atoms with Crippen molar-refractivity contribution in [2.45, 2.75) is 19.9 Å². The first kappa shape index (κ1) is 14.1. The zero-order valence-electron chi connectivity index (χ0n) is 11.0. The van der Waals surface area contributed by atoms with Crippen LogP contribution >= 0.6 is 0 Å². The summed E-state index contributed by atoms with van der Waals surface area (Å²) in [7, 11) is 0. The Bertz CT molecular complexity index is 497. The second-order valence-corrected chi connectivity index (χ2v) is 4.74. The molecule has 1 heterocycles. The number of carbonyl (C=O) groups excluding carboxylic acids is 3. The highest BCUT2D eigenvalue weighted by molar-refractivity contribution is 5.95. The standard InChI is InChI=1S/C13H16N2O5/c1-8-5-10(8)12(17)20-7-11(16)15-13(18)14-6-9-3-2-4-19-9/h2-4,8,10H,5-7H2,1H3,(H2,14,15,16,18)/t8-,10+/m0/s1. The van der Waals surface area contributed by atoms with Crippen LogP contribution in [0.25, 0.3) is 0 Å². The number of furan rings is 1. The molecule has 0 radical (unpaired) electrons. The van der Waals surface area contributed by atoms with E-state index in [1.54, 1.807) is 12.1 Å². The van der Waals surface area contributed by atoms with Gasteiger partial charge >= 0.3 is 12.0 Å². The van der Waals surface area contributed by atoms with E-state index in [2.05, 4.69) is 10.6 Å². The Labute approximate surface area is 115 Å². The van der Waals surface area contributed by atoms with Gasteiger partial charge in [-0.15, -0.1) is 0 Å². The number of amides is 3. The summed E-state index contributed by atoms with van der Waals surface area (Å²) in [6.07, 6.45) is 2.28. The Morgan fingerprint density at radius 2 is 2.20 bits per heavy atom. The molecule has 1 aromatic rings. The number of imide groups is 1. The van der Waals surface area contributed by atoms with Crippen LogP contribution in [-0.2, 0) is 20.9 Å². The highest BCUT2D eigenvalue weighted by atomic mass is 16.5. The molecule has 0 aliphatic heterocycles. The van der Waals surface area contributed by atoms with Crippen molar-refractivity contribution >= 4 is 17.9 Å². The molecule has 1 saturated carbocycles. The summed E-state index contributed by atoms with van der Waals surface area (Å²) in [5.74, 6) is -0.258. The van der Waals surface area contributed by atoms with Gasteiger partial charge in [0, 0.05) is 0 Å². The summed E-state index contributed by atoms with van der Waals surface area (Å²) >= 11 is 0. The summed E-state index contributed by atoms with van der Waals surface area (Å²) in [4.78, 5) is 34.1. The SMILES string of the molecule is C[C@H]1C[C@H]1C(=O)OCC(=O)NC(=O)NCc1ccco1. The van der Waals surface area contributed by atoms with Gasteiger partial charge in [0.05, 0.1) is 18.7 Å². The monoisotopic (exact) mass is 280 g/mol. The van der Waals surface area contributed by atoms with Crippen LogP contribution in [0.1, 0.15) is 19.1 Å². The minimum Gasteiger partial charge on any atom is -0.467 e. The van der Waals surface area contributed by atoms with Crippen LogP contribution in [0.4, 0.5) is 4.79 Å². The quantitative estimate of drug-likeness (QED) is 0.778. The molecule has 2 N–H and O–H groups in total. The Balaban J connectivity index is 1.61. The van der Waals surface area contributed by atoms with E-state index in [1.807, 2.05) is 6.92 Å². The van der Waals surface area contributed by atoms with E-state index in [0.717, 1.165) is 6.42 Å². The fourth-order valence-corrected chi connectivity index (χ4v) is 1.68. The van der Waals surface area contributed by atoms with E-state index in [-0.39, 0.29) is 18.4 Å². The molecule has 1 aliphatic carbocycles. The lowest BCUT2D eigenvalue weighted by molar-refractivity contribution is -0.149. The minimum atomic E-state index is -0.665. The molecule has 0 bridgehead atoms. The van der Waals surface area contributed by atoms with Gasteiger partial charge in [-0.25, -0.2) is 4.79 Å². The van der Waals surface area contributed by atoms with Crippen molar-refractivity contribution in [3.63, 3.8) is 0 Å². The number of urea groups is 1.